The summed E-state index contributed by atoms with van der Waals surface area (Å²) < 4.78 is 0. The van der Waals surface area contributed by atoms with Crippen LogP contribution in [0.3, 0.4) is 0 Å². The molecule has 5 heteroatoms. The van der Waals surface area contributed by atoms with Crippen LogP contribution >= 0.6 is 0 Å². The Morgan fingerprint density at radius 3 is 2.67 bits per heavy atom. The standard InChI is InChI=1S/C13H11NO4/c1-7-4-3-5-9-10(7)14(12(16)11(9)15)6-8(2)13(17)18/h3-5H,2,6H2,1H3,(H,17,18). The first-order valence-corrected chi connectivity index (χ1v) is 5.30. The first-order valence-electron chi connectivity index (χ1n) is 5.30. The first-order chi connectivity index (χ1) is 8.43. The topological polar surface area (TPSA) is 74.7 Å². The van der Waals surface area contributed by atoms with Gasteiger partial charge in [-0.15, -0.1) is 0 Å². The molecule has 1 heterocycles. The Hall–Kier alpha value is -2.43. The van der Waals surface area contributed by atoms with E-state index in [2.05, 4.69) is 6.58 Å². The summed E-state index contributed by atoms with van der Waals surface area (Å²) in [5.41, 5.74) is 1.42. The summed E-state index contributed by atoms with van der Waals surface area (Å²) in [5.74, 6) is -2.49. The van der Waals surface area contributed by atoms with Crippen LogP contribution in [0.4, 0.5) is 5.69 Å². The number of carboxylic acid groups (broad SMARTS) is 1. The maximum atomic E-state index is 11.8. The van der Waals surface area contributed by atoms with Crippen molar-refractivity contribution in [1.82, 2.24) is 0 Å². The van der Waals surface area contributed by atoms with Gasteiger partial charge in [-0.2, -0.15) is 0 Å². The number of amides is 1. The first kappa shape index (κ1) is 12.0. The van der Waals surface area contributed by atoms with Crippen molar-refractivity contribution in [3.8, 4) is 0 Å². The molecule has 0 spiro atoms. The summed E-state index contributed by atoms with van der Waals surface area (Å²) in [6, 6.07) is 5.02. The lowest BCUT2D eigenvalue weighted by atomic mass is 10.1. The fourth-order valence-electron chi connectivity index (χ4n) is 1.95. The summed E-state index contributed by atoms with van der Waals surface area (Å²) in [4.78, 5) is 35.5. The van der Waals surface area contributed by atoms with Crippen LogP contribution in [0.2, 0.25) is 0 Å². The number of para-hydroxylation sites is 1. The molecular weight excluding hydrogens is 234 g/mol. The molecule has 0 atom stereocenters. The molecule has 18 heavy (non-hydrogen) atoms. The zero-order valence-electron chi connectivity index (χ0n) is 9.77. The maximum Gasteiger partial charge on any atom is 0.332 e. The minimum atomic E-state index is -1.18. The van der Waals surface area contributed by atoms with E-state index in [0.29, 0.717) is 11.3 Å². The van der Waals surface area contributed by atoms with Crippen LogP contribution in [0.25, 0.3) is 0 Å². The van der Waals surface area contributed by atoms with E-state index in [0.717, 1.165) is 5.56 Å². The molecule has 1 aliphatic heterocycles. The van der Waals surface area contributed by atoms with E-state index in [-0.39, 0.29) is 12.1 Å². The molecule has 0 saturated carbocycles. The van der Waals surface area contributed by atoms with E-state index in [9.17, 15) is 14.4 Å². The number of aliphatic carboxylic acids is 1. The summed E-state index contributed by atoms with van der Waals surface area (Å²) in [5, 5.41) is 8.79. The van der Waals surface area contributed by atoms with Gasteiger partial charge in [-0.25, -0.2) is 4.79 Å². The van der Waals surface area contributed by atoms with Crippen molar-refractivity contribution in [2.45, 2.75) is 6.92 Å². The van der Waals surface area contributed by atoms with Gasteiger partial charge < -0.3 is 5.11 Å². The van der Waals surface area contributed by atoms with Crippen molar-refractivity contribution < 1.29 is 19.5 Å². The monoisotopic (exact) mass is 245 g/mol. The maximum absolute atomic E-state index is 11.8. The minimum Gasteiger partial charge on any atom is -0.478 e. The van der Waals surface area contributed by atoms with E-state index in [4.69, 9.17) is 5.11 Å². The second kappa shape index (κ2) is 4.10. The lowest BCUT2D eigenvalue weighted by Gasteiger charge is -2.18. The Bertz CT molecular complexity index is 589. The average molecular weight is 245 g/mol. The minimum absolute atomic E-state index is 0.132. The van der Waals surface area contributed by atoms with Gasteiger partial charge in [-0.3, -0.25) is 14.5 Å². The predicted octanol–water partition coefficient (Wildman–Crippen LogP) is 1.17. The fraction of sp³-hybridized carbons (Fsp3) is 0.154. The lowest BCUT2D eigenvalue weighted by Crippen LogP contribution is -2.33. The van der Waals surface area contributed by atoms with E-state index >= 15 is 0 Å². The van der Waals surface area contributed by atoms with E-state index in [1.54, 1.807) is 25.1 Å². The number of carbonyl (C=O) groups is 3. The van der Waals surface area contributed by atoms with E-state index in [1.807, 2.05) is 0 Å². The second-order valence-corrected chi connectivity index (χ2v) is 4.10. The van der Waals surface area contributed by atoms with Crippen LogP contribution in [0.15, 0.2) is 30.4 Å². The molecule has 1 aromatic rings. The number of rotatable bonds is 3. The number of ketones is 1. The molecule has 1 amide bonds. The van der Waals surface area contributed by atoms with Gasteiger partial charge in [-0.05, 0) is 18.6 Å². The molecule has 1 N–H and O–H groups in total. The predicted molar refractivity (Wildman–Crippen MR) is 64.6 cm³/mol. The number of benzene rings is 1. The average Bonchev–Trinajstić information content (AvgIpc) is 2.56. The number of anilines is 1. The summed E-state index contributed by atoms with van der Waals surface area (Å²) >= 11 is 0. The van der Waals surface area contributed by atoms with E-state index in [1.165, 1.54) is 4.90 Å². The van der Waals surface area contributed by atoms with Crippen molar-refractivity contribution in [1.29, 1.82) is 0 Å². The highest BCUT2D eigenvalue weighted by Crippen LogP contribution is 2.32. The molecule has 0 saturated heterocycles. The van der Waals surface area contributed by atoms with Crippen molar-refractivity contribution in [2.24, 2.45) is 0 Å². The third-order valence-electron chi connectivity index (χ3n) is 2.84. The SMILES string of the molecule is C=C(CN1C(=O)C(=O)c2cccc(C)c21)C(=O)O. The van der Waals surface area contributed by atoms with Gasteiger partial charge in [0.05, 0.1) is 17.8 Å². The zero-order valence-corrected chi connectivity index (χ0v) is 9.77. The smallest absolute Gasteiger partial charge is 0.332 e. The molecular formula is C13H11NO4. The normalized spacial score (nSPS) is 13.7. The number of nitrogens with zero attached hydrogens (tertiary/aromatic N) is 1. The van der Waals surface area contributed by atoms with Crippen LogP contribution in [-0.4, -0.2) is 29.3 Å². The van der Waals surface area contributed by atoms with Gasteiger partial charge in [0.25, 0.3) is 11.7 Å². The third kappa shape index (κ3) is 1.69. The Labute approximate surface area is 103 Å². The Kier molecular flexibility index (Phi) is 2.74. The number of fused-ring (bicyclic) bond motifs is 1. The van der Waals surface area contributed by atoms with Gasteiger partial charge in [0, 0.05) is 5.57 Å². The summed E-state index contributed by atoms with van der Waals surface area (Å²) in [6.45, 7) is 4.96. The lowest BCUT2D eigenvalue weighted by molar-refractivity contribution is -0.132. The van der Waals surface area contributed by atoms with Crippen LogP contribution in [-0.2, 0) is 9.59 Å². The van der Waals surface area contributed by atoms with Gasteiger partial charge in [0.2, 0.25) is 0 Å². The molecule has 0 bridgehead atoms. The summed E-state index contributed by atoms with van der Waals surface area (Å²) in [7, 11) is 0. The number of carbonyl (C=O) groups excluding carboxylic acids is 2. The summed E-state index contributed by atoms with van der Waals surface area (Å²) in [6.07, 6.45) is 0. The van der Waals surface area contributed by atoms with Crippen molar-refractivity contribution in [3.05, 3.63) is 41.5 Å². The number of hydrogen-bond acceptors (Lipinski definition) is 3. The molecule has 1 aliphatic rings. The highest BCUT2D eigenvalue weighted by molar-refractivity contribution is 6.52. The Morgan fingerprint density at radius 2 is 2.06 bits per heavy atom. The van der Waals surface area contributed by atoms with E-state index < -0.39 is 17.7 Å². The zero-order chi connectivity index (χ0) is 13.4. The largest absolute Gasteiger partial charge is 0.478 e. The molecule has 0 fully saturated rings. The van der Waals surface area contributed by atoms with Crippen LogP contribution in [0, 0.1) is 6.92 Å². The van der Waals surface area contributed by atoms with Crippen molar-refractivity contribution >= 4 is 23.3 Å². The number of aryl methyl sites for hydroxylation is 1. The highest BCUT2D eigenvalue weighted by Gasteiger charge is 2.37. The molecule has 0 aliphatic carbocycles. The molecule has 5 nitrogen and oxygen atoms in total. The Morgan fingerprint density at radius 1 is 1.39 bits per heavy atom. The molecule has 1 aromatic carbocycles. The van der Waals surface area contributed by atoms with Crippen molar-refractivity contribution in [2.75, 3.05) is 11.4 Å². The molecule has 0 radical (unpaired) electrons. The number of carboxylic acids is 1. The van der Waals surface area contributed by atoms with Gasteiger partial charge in [-0.1, -0.05) is 18.7 Å². The molecule has 0 unspecified atom stereocenters. The van der Waals surface area contributed by atoms with Crippen LogP contribution in [0.5, 0.6) is 0 Å². The van der Waals surface area contributed by atoms with Crippen LogP contribution in [0.1, 0.15) is 15.9 Å². The Balaban J connectivity index is 2.46. The highest BCUT2D eigenvalue weighted by atomic mass is 16.4. The number of hydrogen-bond donors (Lipinski definition) is 1. The molecule has 92 valence electrons. The second-order valence-electron chi connectivity index (χ2n) is 4.10. The van der Waals surface area contributed by atoms with Crippen LogP contribution < -0.4 is 4.90 Å². The van der Waals surface area contributed by atoms with Crippen molar-refractivity contribution in [3.63, 3.8) is 0 Å². The molecule has 0 aromatic heterocycles. The third-order valence-corrected chi connectivity index (χ3v) is 2.84. The fourth-order valence-corrected chi connectivity index (χ4v) is 1.95. The van der Waals surface area contributed by atoms with Gasteiger partial charge in [0.15, 0.2) is 0 Å². The number of Topliss-reactive ketones (excluding diaryl/α,β-unsaturated/α-hetero) is 1. The van der Waals surface area contributed by atoms with Gasteiger partial charge in [0.1, 0.15) is 0 Å². The van der Waals surface area contributed by atoms with Gasteiger partial charge >= 0.3 is 5.97 Å². The quantitative estimate of drug-likeness (QED) is 0.640. The molecule has 2 rings (SSSR count).